The summed E-state index contributed by atoms with van der Waals surface area (Å²) in [5.41, 5.74) is 12.7. The van der Waals surface area contributed by atoms with Crippen LogP contribution in [0.25, 0.3) is 0 Å². The number of nitrogen functional groups attached to an aromatic ring is 1. The van der Waals surface area contributed by atoms with Gasteiger partial charge in [0, 0.05) is 0 Å². The number of rotatable bonds is 6. The average Bonchev–Trinajstić information content (AvgIpc) is 2.44. The van der Waals surface area contributed by atoms with E-state index in [0.717, 1.165) is 11.3 Å². The van der Waals surface area contributed by atoms with Crippen molar-refractivity contribution in [2.24, 2.45) is 5.73 Å². The smallest absolute Gasteiger partial charge is 0.252 e. The van der Waals surface area contributed by atoms with E-state index < -0.39 is 5.91 Å². The summed E-state index contributed by atoms with van der Waals surface area (Å²) in [6.07, 6.45) is 1.47. The Labute approximate surface area is 123 Å². The molecule has 1 aromatic carbocycles. The number of carbonyl (C=O) groups excluding carboxylic acids is 1. The van der Waals surface area contributed by atoms with E-state index in [1.165, 1.54) is 12.3 Å². The Bertz CT molecular complexity index is 643. The van der Waals surface area contributed by atoms with Crippen LogP contribution in [0, 0.1) is 6.92 Å². The van der Waals surface area contributed by atoms with Gasteiger partial charge in [-0.2, -0.15) is 0 Å². The van der Waals surface area contributed by atoms with Crippen LogP contribution in [0.4, 0.5) is 11.5 Å². The zero-order chi connectivity index (χ0) is 15.2. The molecule has 1 aromatic heterocycles. The molecule has 0 atom stereocenters. The number of hydrogen-bond acceptors (Lipinski definition) is 5. The van der Waals surface area contributed by atoms with Crippen LogP contribution in [0.5, 0.6) is 5.75 Å². The lowest BCUT2D eigenvalue weighted by atomic mass is 10.2. The van der Waals surface area contributed by atoms with Gasteiger partial charge in [-0.25, -0.2) is 4.98 Å². The number of anilines is 2. The van der Waals surface area contributed by atoms with E-state index in [9.17, 15) is 4.79 Å². The zero-order valence-corrected chi connectivity index (χ0v) is 11.8. The largest absolute Gasteiger partial charge is 0.492 e. The maximum absolute atomic E-state index is 11.3. The number of amides is 1. The minimum Gasteiger partial charge on any atom is -0.492 e. The Morgan fingerprint density at radius 2 is 2.19 bits per heavy atom. The second-order valence-corrected chi connectivity index (χ2v) is 4.62. The molecule has 21 heavy (non-hydrogen) atoms. The van der Waals surface area contributed by atoms with Crippen LogP contribution in [0.3, 0.4) is 0 Å². The van der Waals surface area contributed by atoms with E-state index in [1.54, 1.807) is 0 Å². The first-order valence-corrected chi connectivity index (χ1v) is 6.55. The second-order valence-electron chi connectivity index (χ2n) is 4.62. The normalized spacial score (nSPS) is 10.1. The number of nitrogens with one attached hydrogen (secondary N) is 1. The molecule has 2 rings (SSSR count). The molecule has 0 radical (unpaired) electrons. The SMILES string of the molecule is Cc1cccc(OCCNc2ncc(N)cc2C(N)=O)c1. The van der Waals surface area contributed by atoms with Crippen molar-refractivity contribution < 1.29 is 9.53 Å². The molecular weight excluding hydrogens is 268 g/mol. The summed E-state index contributed by atoms with van der Waals surface area (Å²) in [5.74, 6) is 0.638. The molecule has 6 heteroatoms. The molecule has 110 valence electrons. The van der Waals surface area contributed by atoms with Gasteiger partial charge in [0.1, 0.15) is 18.2 Å². The van der Waals surface area contributed by atoms with Crippen molar-refractivity contribution in [3.63, 3.8) is 0 Å². The first kappa shape index (κ1) is 14.6. The predicted octanol–water partition coefficient (Wildman–Crippen LogP) is 1.56. The zero-order valence-electron chi connectivity index (χ0n) is 11.8. The van der Waals surface area contributed by atoms with Gasteiger partial charge in [-0.15, -0.1) is 0 Å². The highest BCUT2D eigenvalue weighted by molar-refractivity contribution is 5.98. The number of nitrogens with two attached hydrogens (primary N) is 2. The van der Waals surface area contributed by atoms with Crippen molar-refractivity contribution in [2.45, 2.75) is 6.92 Å². The Kier molecular flexibility index (Phi) is 4.61. The highest BCUT2D eigenvalue weighted by atomic mass is 16.5. The third-order valence-electron chi connectivity index (χ3n) is 2.83. The summed E-state index contributed by atoms with van der Waals surface area (Å²) >= 11 is 0. The van der Waals surface area contributed by atoms with Crippen molar-refractivity contribution in [3.8, 4) is 5.75 Å². The van der Waals surface area contributed by atoms with Crippen LogP contribution >= 0.6 is 0 Å². The maximum Gasteiger partial charge on any atom is 0.252 e. The fraction of sp³-hybridized carbons (Fsp3) is 0.200. The number of benzene rings is 1. The Balaban J connectivity index is 1.90. The molecule has 0 aliphatic rings. The standard InChI is InChI=1S/C15H18N4O2/c1-10-3-2-4-12(7-10)21-6-5-18-15-13(14(17)20)8-11(16)9-19-15/h2-4,7-9H,5-6,16H2,1H3,(H2,17,20)(H,18,19). The van der Waals surface area contributed by atoms with Crippen LogP contribution < -0.4 is 21.5 Å². The first-order valence-electron chi connectivity index (χ1n) is 6.55. The molecule has 0 aliphatic heterocycles. The number of aromatic nitrogens is 1. The Morgan fingerprint density at radius 3 is 2.90 bits per heavy atom. The van der Waals surface area contributed by atoms with Crippen LogP contribution in [0.2, 0.25) is 0 Å². The third kappa shape index (κ3) is 4.10. The summed E-state index contributed by atoms with van der Waals surface area (Å²) in [6.45, 7) is 2.93. The lowest BCUT2D eigenvalue weighted by molar-refractivity contribution is 0.100. The molecular formula is C15H18N4O2. The minimum absolute atomic E-state index is 0.269. The lowest BCUT2D eigenvalue weighted by Crippen LogP contribution is -2.18. The molecule has 1 amide bonds. The first-order chi connectivity index (χ1) is 10.1. The average molecular weight is 286 g/mol. The van der Waals surface area contributed by atoms with E-state index in [1.807, 2.05) is 31.2 Å². The molecule has 0 saturated heterocycles. The number of nitrogens with zero attached hydrogens (tertiary/aromatic N) is 1. The van der Waals surface area contributed by atoms with Crippen molar-refractivity contribution >= 4 is 17.4 Å². The number of aryl methyl sites for hydroxylation is 1. The fourth-order valence-electron chi connectivity index (χ4n) is 1.85. The Hall–Kier alpha value is -2.76. The molecule has 2 aromatic rings. The van der Waals surface area contributed by atoms with Gasteiger partial charge >= 0.3 is 0 Å². The van der Waals surface area contributed by atoms with Crippen LogP contribution in [-0.2, 0) is 0 Å². The van der Waals surface area contributed by atoms with Crippen molar-refractivity contribution in [3.05, 3.63) is 47.7 Å². The maximum atomic E-state index is 11.3. The monoisotopic (exact) mass is 286 g/mol. The molecule has 6 nitrogen and oxygen atoms in total. The van der Waals surface area contributed by atoms with E-state index in [0.29, 0.717) is 24.7 Å². The molecule has 0 saturated carbocycles. The van der Waals surface area contributed by atoms with Gasteiger partial charge in [0.25, 0.3) is 5.91 Å². The van der Waals surface area contributed by atoms with Crippen LogP contribution in [0.1, 0.15) is 15.9 Å². The van der Waals surface area contributed by atoms with Crippen molar-refractivity contribution in [1.29, 1.82) is 0 Å². The number of ether oxygens (including phenoxy) is 1. The molecule has 5 N–H and O–H groups in total. The van der Waals surface area contributed by atoms with Crippen LogP contribution in [0.15, 0.2) is 36.5 Å². The topological polar surface area (TPSA) is 103 Å². The molecule has 0 unspecified atom stereocenters. The summed E-state index contributed by atoms with van der Waals surface area (Å²) in [6, 6.07) is 9.28. The lowest BCUT2D eigenvalue weighted by Gasteiger charge is -2.11. The van der Waals surface area contributed by atoms with Gasteiger partial charge in [0.2, 0.25) is 0 Å². The number of primary amides is 1. The van der Waals surface area contributed by atoms with Crippen molar-refractivity contribution in [1.82, 2.24) is 4.98 Å². The van der Waals surface area contributed by atoms with Gasteiger partial charge in [-0.1, -0.05) is 12.1 Å². The molecule has 0 bridgehead atoms. The quantitative estimate of drug-likeness (QED) is 0.699. The second kappa shape index (κ2) is 6.60. The van der Waals surface area contributed by atoms with Crippen molar-refractivity contribution in [2.75, 3.05) is 24.2 Å². The molecule has 0 fully saturated rings. The summed E-state index contributed by atoms with van der Waals surface area (Å²) < 4.78 is 5.60. The predicted molar refractivity (Wildman–Crippen MR) is 82.3 cm³/mol. The summed E-state index contributed by atoms with van der Waals surface area (Å²) in [4.78, 5) is 15.4. The molecule has 1 heterocycles. The van der Waals surface area contributed by atoms with Gasteiger partial charge in [-0.3, -0.25) is 4.79 Å². The summed E-state index contributed by atoms with van der Waals surface area (Å²) in [5, 5.41) is 3.01. The number of pyridine rings is 1. The van der Waals surface area contributed by atoms with Crippen LogP contribution in [-0.4, -0.2) is 24.0 Å². The summed E-state index contributed by atoms with van der Waals surface area (Å²) in [7, 11) is 0. The molecule has 0 spiro atoms. The van der Waals surface area contributed by atoms with Gasteiger partial charge in [0.05, 0.1) is 24.0 Å². The Morgan fingerprint density at radius 1 is 1.38 bits per heavy atom. The third-order valence-corrected chi connectivity index (χ3v) is 2.83. The van der Waals surface area contributed by atoms with Gasteiger partial charge in [-0.05, 0) is 30.7 Å². The number of carbonyl (C=O) groups is 1. The fourth-order valence-corrected chi connectivity index (χ4v) is 1.85. The number of hydrogen-bond donors (Lipinski definition) is 3. The highest BCUT2D eigenvalue weighted by Crippen LogP contribution is 2.15. The van der Waals surface area contributed by atoms with E-state index in [4.69, 9.17) is 16.2 Å². The minimum atomic E-state index is -0.572. The highest BCUT2D eigenvalue weighted by Gasteiger charge is 2.09. The molecule has 0 aliphatic carbocycles. The van der Waals surface area contributed by atoms with Gasteiger partial charge in [0.15, 0.2) is 0 Å². The van der Waals surface area contributed by atoms with E-state index in [2.05, 4.69) is 10.3 Å². The van der Waals surface area contributed by atoms with E-state index >= 15 is 0 Å². The van der Waals surface area contributed by atoms with Gasteiger partial charge < -0.3 is 21.5 Å². The van der Waals surface area contributed by atoms with E-state index in [-0.39, 0.29) is 5.56 Å².